The van der Waals surface area contributed by atoms with E-state index in [2.05, 4.69) is 20.6 Å². The molecule has 2 aliphatic carbocycles. The number of alkyl halides is 6. The van der Waals surface area contributed by atoms with Gasteiger partial charge in [-0.05, 0) is 67.7 Å². The van der Waals surface area contributed by atoms with Gasteiger partial charge in [0.15, 0.2) is 0 Å². The Morgan fingerprint density at radius 3 is 2.36 bits per heavy atom. The van der Waals surface area contributed by atoms with Crippen molar-refractivity contribution in [1.82, 2.24) is 15.3 Å². The average Bonchev–Trinajstić information content (AvgIpc) is 3.62. The van der Waals surface area contributed by atoms with Crippen molar-refractivity contribution < 1.29 is 31.1 Å². The number of anilines is 3. The number of fused-ring (bicyclic) bond motifs is 1. The van der Waals surface area contributed by atoms with Crippen LogP contribution in [0.25, 0.3) is 0 Å². The fourth-order valence-electron chi connectivity index (χ4n) is 4.19. The first-order valence-electron chi connectivity index (χ1n) is 11.5. The highest BCUT2D eigenvalue weighted by molar-refractivity contribution is 6.33. The summed E-state index contributed by atoms with van der Waals surface area (Å²) in [6.07, 6.45) is -4.68. The van der Waals surface area contributed by atoms with Gasteiger partial charge in [0.05, 0.1) is 10.7 Å². The molecule has 3 N–H and O–H groups in total. The number of nitrogens with zero attached hydrogens (tertiary/aromatic N) is 2. The van der Waals surface area contributed by atoms with Gasteiger partial charge in [0, 0.05) is 19.2 Å². The lowest BCUT2D eigenvalue weighted by atomic mass is 9.91. The second-order valence-corrected chi connectivity index (χ2v) is 9.39. The number of aryl methyl sites for hydroxylation is 2. The first-order valence-corrected chi connectivity index (χ1v) is 11.9. The van der Waals surface area contributed by atoms with Crippen molar-refractivity contribution in [2.75, 3.05) is 17.2 Å². The number of rotatable bonds is 8. The quantitative estimate of drug-likeness (QED) is 0.360. The molecule has 36 heavy (non-hydrogen) atoms. The van der Waals surface area contributed by atoms with Gasteiger partial charge in [0.2, 0.25) is 11.9 Å². The number of hydrogen-bond donors (Lipinski definition) is 3. The Kier molecular flexibility index (Phi) is 7.53. The highest BCUT2D eigenvalue weighted by Crippen LogP contribution is 2.40. The molecule has 2 aromatic rings. The molecule has 4 rings (SSSR count). The van der Waals surface area contributed by atoms with Gasteiger partial charge in [-0.25, -0.2) is 4.98 Å². The van der Waals surface area contributed by atoms with Crippen LogP contribution in [0, 0.1) is 5.92 Å². The predicted octanol–water partition coefficient (Wildman–Crippen LogP) is 6.03. The van der Waals surface area contributed by atoms with Crippen LogP contribution in [0.15, 0.2) is 18.3 Å². The minimum Gasteiger partial charge on any atom is -0.369 e. The maximum Gasteiger partial charge on any atom is 0.421 e. The van der Waals surface area contributed by atoms with Crippen LogP contribution >= 0.6 is 11.6 Å². The Labute approximate surface area is 208 Å². The van der Waals surface area contributed by atoms with Crippen LogP contribution in [0.3, 0.4) is 0 Å². The molecule has 0 unspecified atom stereocenters. The molecule has 196 valence electrons. The Morgan fingerprint density at radius 2 is 1.75 bits per heavy atom. The van der Waals surface area contributed by atoms with Crippen LogP contribution in [0.1, 0.15) is 48.8 Å². The second kappa shape index (κ2) is 10.3. The van der Waals surface area contributed by atoms with Gasteiger partial charge in [0.25, 0.3) is 0 Å². The van der Waals surface area contributed by atoms with E-state index in [1.165, 1.54) is 0 Å². The molecule has 1 amide bonds. The van der Waals surface area contributed by atoms with E-state index in [-0.39, 0.29) is 12.5 Å². The van der Waals surface area contributed by atoms with Crippen LogP contribution in [0.5, 0.6) is 0 Å². The molecule has 0 bridgehead atoms. The number of carbonyl (C=O) groups excluding carboxylic acids is 1. The Balaban J connectivity index is 1.45. The van der Waals surface area contributed by atoms with Gasteiger partial charge in [-0.1, -0.05) is 11.6 Å². The van der Waals surface area contributed by atoms with Crippen molar-refractivity contribution in [3.8, 4) is 0 Å². The molecular formula is C23H24ClF6N5O. The number of hydrogen-bond acceptors (Lipinski definition) is 5. The second-order valence-electron chi connectivity index (χ2n) is 8.99. The zero-order valence-electron chi connectivity index (χ0n) is 19.0. The van der Waals surface area contributed by atoms with Gasteiger partial charge in [-0.3, -0.25) is 4.79 Å². The van der Waals surface area contributed by atoms with Crippen molar-refractivity contribution in [3.63, 3.8) is 0 Å². The van der Waals surface area contributed by atoms with Crippen molar-refractivity contribution in [3.05, 3.63) is 40.0 Å². The lowest BCUT2D eigenvalue weighted by molar-refractivity contribution is -0.165. The van der Waals surface area contributed by atoms with Crippen LogP contribution in [0.2, 0.25) is 5.02 Å². The topological polar surface area (TPSA) is 78.9 Å². The molecule has 13 heteroatoms. The first kappa shape index (κ1) is 26.3. The molecule has 1 saturated carbocycles. The lowest BCUT2D eigenvalue weighted by Crippen LogP contribution is -2.47. The summed E-state index contributed by atoms with van der Waals surface area (Å²) in [4.78, 5) is 19.7. The zero-order valence-corrected chi connectivity index (χ0v) is 19.7. The number of halogens is 7. The Bertz CT molecular complexity index is 1120. The molecule has 2 aliphatic rings. The van der Waals surface area contributed by atoms with Gasteiger partial charge < -0.3 is 16.0 Å². The summed E-state index contributed by atoms with van der Waals surface area (Å²) >= 11 is 6.34. The van der Waals surface area contributed by atoms with Crippen LogP contribution in [0.4, 0.5) is 43.8 Å². The lowest BCUT2D eigenvalue weighted by Gasteiger charge is -2.21. The van der Waals surface area contributed by atoms with E-state index in [0.29, 0.717) is 29.7 Å². The molecule has 1 aromatic carbocycles. The molecule has 6 nitrogen and oxygen atoms in total. The SMILES string of the molecule is O=C(CCNc1nc(Nc2cc3c(cc2Cl)CCCC3)ncc1C(F)(F)F)N[C@@H](C1CC1)C(F)(F)F. The standard InChI is InChI=1S/C23H24ClF6N5O/c24-16-9-13-3-1-2-4-14(13)10-17(16)33-21-32-11-15(22(25,26)27)20(35-21)31-8-7-18(36)34-19(12-5-6-12)23(28,29)30/h9-12,19H,1-8H2,(H,34,36)(H2,31,32,33,35)/t19-/m0/s1. The number of amides is 1. The zero-order chi connectivity index (χ0) is 26.1. The summed E-state index contributed by atoms with van der Waals surface area (Å²) < 4.78 is 79.7. The minimum atomic E-state index is -4.79. The third-order valence-corrected chi connectivity index (χ3v) is 6.49. The Hall–Kier alpha value is -2.76. The summed E-state index contributed by atoms with van der Waals surface area (Å²) in [6.45, 7) is -0.361. The molecule has 0 spiro atoms. The van der Waals surface area contributed by atoms with E-state index in [0.717, 1.165) is 36.8 Å². The fraction of sp³-hybridized carbons (Fsp3) is 0.522. The van der Waals surface area contributed by atoms with E-state index in [4.69, 9.17) is 11.6 Å². The maximum atomic E-state index is 13.5. The van der Waals surface area contributed by atoms with Gasteiger partial charge in [-0.15, -0.1) is 0 Å². The van der Waals surface area contributed by atoms with Crippen LogP contribution in [-0.4, -0.2) is 34.6 Å². The van der Waals surface area contributed by atoms with Crippen LogP contribution < -0.4 is 16.0 Å². The highest BCUT2D eigenvalue weighted by atomic mass is 35.5. The van der Waals surface area contributed by atoms with Crippen molar-refractivity contribution in [1.29, 1.82) is 0 Å². The van der Waals surface area contributed by atoms with Crippen molar-refractivity contribution >= 4 is 35.0 Å². The summed E-state index contributed by atoms with van der Waals surface area (Å²) in [5, 5.41) is 7.56. The normalized spacial score (nSPS) is 16.8. The van der Waals surface area contributed by atoms with Gasteiger partial charge in [0.1, 0.15) is 17.4 Å². The van der Waals surface area contributed by atoms with Crippen LogP contribution in [-0.2, 0) is 23.8 Å². The van der Waals surface area contributed by atoms with E-state index in [9.17, 15) is 31.1 Å². The summed E-state index contributed by atoms with van der Waals surface area (Å²) in [7, 11) is 0. The van der Waals surface area contributed by atoms with E-state index in [1.807, 2.05) is 17.4 Å². The summed E-state index contributed by atoms with van der Waals surface area (Å²) in [5.41, 5.74) is 1.49. The highest BCUT2D eigenvalue weighted by Gasteiger charge is 2.49. The minimum absolute atomic E-state index is 0.154. The summed E-state index contributed by atoms with van der Waals surface area (Å²) in [6, 6.07) is 1.69. The van der Waals surface area contributed by atoms with E-state index >= 15 is 0 Å². The van der Waals surface area contributed by atoms with E-state index < -0.39 is 48.0 Å². The van der Waals surface area contributed by atoms with E-state index in [1.54, 1.807) is 0 Å². The van der Waals surface area contributed by atoms with Gasteiger partial charge >= 0.3 is 12.4 Å². The first-order chi connectivity index (χ1) is 16.9. The molecule has 0 saturated heterocycles. The smallest absolute Gasteiger partial charge is 0.369 e. The molecule has 1 aromatic heterocycles. The molecule has 0 radical (unpaired) electrons. The predicted molar refractivity (Wildman–Crippen MR) is 122 cm³/mol. The van der Waals surface area contributed by atoms with Crippen molar-refractivity contribution in [2.24, 2.45) is 5.92 Å². The Morgan fingerprint density at radius 1 is 1.08 bits per heavy atom. The molecule has 1 heterocycles. The third-order valence-electron chi connectivity index (χ3n) is 6.18. The molecule has 1 atom stereocenters. The number of aromatic nitrogens is 2. The largest absolute Gasteiger partial charge is 0.421 e. The monoisotopic (exact) mass is 535 g/mol. The molecular weight excluding hydrogens is 512 g/mol. The number of carbonyl (C=O) groups is 1. The average molecular weight is 536 g/mol. The molecule has 1 fully saturated rings. The van der Waals surface area contributed by atoms with Gasteiger partial charge in [-0.2, -0.15) is 31.3 Å². The maximum absolute atomic E-state index is 13.5. The van der Waals surface area contributed by atoms with Crippen molar-refractivity contribution in [2.45, 2.75) is 63.3 Å². The number of benzene rings is 1. The summed E-state index contributed by atoms with van der Waals surface area (Å²) in [5.74, 6) is -2.34. The number of nitrogens with one attached hydrogen (secondary N) is 3. The molecule has 0 aliphatic heterocycles. The fourth-order valence-corrected chi connectivity index (χ4v) is 4.43. The third kappa shape index (κ3) is 6.51.